The Balaban J connectivity index is 0.000000161. The van der Waals surface area contributed by atoms with Gasteiger partial charge >= 0.3 is 0 Å². The third-order valence-electron chi connectivity index (χ3n) is 19.8. The summed E-state index contributed by atoms with van der Waals surface area (Å²) in [4.78, 5) is 24.5. The molecule has 0 fully saturated rings. The van der Waals surface area contributed by atoms with Gasteiger partial charge in [-0.15, -0.1) is 0 Å². The van der Waals surface area contributed by atoms with E-state index >= 15 is 0 Å². The first kappa shape index (κ1) is 65.4. The maximum absolute atomic E-state index is 5.15. The third kappa shape index (κ3) is 13.0. The molecule has 0 amide bonds. The van der Waals surface area contributed by atoms with Gasteiger partial charge in [0.25, 0.3) is 0 Å². The average Bonchev–Trinajstić information content (AvgIpc) is 1.57. The zero-order valence-electron chi connectivity index (χ0n) is 59.0. The van der Waals surface area contributed by atoms with Crippen LogP contribution in [0.3, 0.4) is 0 Å². The fourth-order valence-corrected chi connectivity index (χ4v) is 14.8. The van der Waals surface area contributed by atoms with Crippen LogP contribution in [0.15, 0.2) is 431 Å². The second-order valence-corrected chi connectivity index (χ2v) is 26.4. The molecule has 512 valence electrons. The summed E-state index contributed by atoms with van der Waals surface area (Å²) in [7, 11) is 0. The molecule has 0 radical (unpaired) electrons. The van der Waals surface area contributed by atoms with Gasteiger partial charge in [-0.2, -0.15) is 0 Å². The molecule has 19 rings (SSSR count). The van der Waals surface area contributed by atoms with Crippen LogP contribution < -0.4 is 19.6 Å². The van der Waals surface area contributed by atoms with Gasteiger partial charge in [0.2, 0.25) is 0 Å². The van der Waals surface area contributed by atoms with Gasteiger partial charge in [0, 0.05) is 118 Å². The summed E-state index contributed by atoms with van der Waals surface area (Å²) in [6, 6.07) is 151. The quantitative estimate of drug-likeness (QED) is 0.0900. The van der Waals surface area contributed by atoms with Crippen molar-refractivity contribution in [3.8, 4) is 45.5 Å². The molecule has 0 aliphatic heterocycles. The Labute approximate surface area is 627 Å². The Kier molecular flexibility index (Phi) is 17.9. The summed E-state index contributed by atoms with van der Waals surface area (Å²) in [5, 5.41) is 5.08. The number of benzene rings is 16. The minimum absolute atomic E-state index is 0.589. The molecule has 0 bridgehead atoms. The Morgan fingerprint density at radius 3 is 0.500 bits per heavy atom. The van der Waals surface area contributed by atoms with Gasteiger partial charge in [-0.3, -0.25) is 0 Å². The number of rotatable bonds is 17. The predicted octanol–water partition coefficient (Wildman–Crippen LogP) is 26.6. The van der Waals surface area contributed by atoms with Crippen molar-refractivity contribution in [2.45, 2.75) is 0 Å². The van der Waals surface area contributed by atoms with Crippen LogP contribution in [-0.4, -0.2) is 24.1 Å². The van der Waals surface area contributed by atoms with Gasteiger partial charge in [0.05, 0.1) is 22.1 Å². The van der Waals surface area contributed by atoms with Crippen molar-refractivity contribution in [1.29, 1.82) is 0 Å². The molecule has 19 aromatic rings. The van der Waals surface area contributed by atoms with Crippen molar-refractivity contribution in [1.82, 2.24) is 24.1 Å². The molecule has 108 heavy (non-hydrogen) atoms. The lowest BCUT2D eigenvalue weighted by atomic mass is 10.1. The van der Waals surface area contributed by atoms with Crippen LogP contribution in [0.1, 0.15) is 0 Å². The molecule has 0 unspecified atom stereocenters. The number of aromatic nitrogens is 5. The predicted molar refractivity (Wildman–Crippen MR) is 450 cm³/mol. The molecule has 0 N–H and O–H groups in total. The fraction of sp³-hybridized carbons (Fsp3) is 0. The van der Waals surface area contributed by atoms with Crippen LogP contribution in [0, 0.1) is 0 Å². The van der Waals surface area contributed by atoms with Gasteiger partial charge in [0.1, 0.15) is 0 Å². The Morgan fingerprint density at radius 2 is 0.306 bits per heavy atom. The Morgan fingerprint density at radius 1 is 0.148 bits per heavy atom. The van der Waals surface area contributed by atoms with E-state index in [4.69, 9.17) is 15.0 Å². The Hall–Kier alpha value is -14.7. The van der Waals surface area contributed by atoms with Crippen molar-refractivity contribution < 1.29 is 0 Å². The lowest BCUT2D eigenvalue weighted by molar-refractivity contribution is 1.07. The summed E-state index contributed by atoms with van der Waals surface area (Å²) >= 11 is 0. The van der Waals surface area contributed by atoms with Crippen LogP contribution in [-0.2, 0) is 0 Å². The highest BCUT2D eigenvalue weighted by Gasteiger charge is 2.22. The first-order chi connectivity index (χ1) is 53.6. The van der Waals surface area contributed by atoms with Crippen LogP contribution in [0.5, 0.6) is 0 Å². The smallest absolute Gasteiger partial charge is 0.164 e. The van der Waals surface area contributed by atoms with Gasteiger partial charge in [0.15, 0.2) is 17.5 Å². The summed E-state index contributed by atoms with van der Waals surface area (Å²) in [5.41, 5.74) is 22.7. The van der Waals surface area contributed by atoms with E-state index < -0.39 is 0 Å². The average molecular weight is 1390 g/mol. The highest BCUT2D eigenvalue weighted by molar-refractivity contribution is 6.10. The zero-order valence-corrected chi connectivity index (χ0v) is 59.0. The van der Waals surface area contributed by atoms with Crippen molar-refractivity contribution in [3.05, 3.63) is 431 Å². The second kappa shape index (κ2) is 29.6. The van der Waals surface area contributed by atoms with E-state index in [0.717, 1.165) is 96.3 Å². The van der Waals surface area contributed by atoms with Gasteiger partial charge in [-0.05, 0) is 231 Å². The topological polar surface area (TPSA) is 61.5 Å². The van der Waals surface area contributed by atoms with Crippen molar-refractivity contribution in [2.24, 2.45) is 0 Å². The van der Waals surface area contributed by atoms with Gasteiger partial charge in [-0.1, -0.05) is 200 Å². The lowest BCUT2D eigenvalue weighted by Gasteiger charge is -2.26. The van der Waals surface area contributed by atoms with Crippen LogP contribution in [0.4, 0.5) is 68.2 Å². The minimum Gasteiger partial charge on any atom is -0.311 e. The molecule has 9 nitrogen and oxygen atoms in total. The summed E-state index contributed by atoms with van der Waals surface area (Å²) in [6.45, 7) is 0. The number of hydrogen-bond acceptors (Lipinski definition) is 7. The van der Waals surface area contributed by atoms with Gasteiger partial charge < -0.3 is 28.7 Å². The SMILES string of the molecule is c1ccc(N(c2ccc(-n3c4ccccc4c4ccccc43)cc2)c2ccc(-n3c4ccccc4c4ccccc43)cc2)cc1.c1ccc(N(c2ccccc2)c2ccc(-c3nc(-c4ccc(N(c5ccccc5)c5ccccc5)cc4)nc(-c4ccc(N(c5ccccc5)c5ccccc5)cc4)n3)cc2)cc1. The van der Waals surface area contributed by atoms with Crippen LogP contribution in [0.25, 0.3) is 89.2 Å². The molecule has 3 aromatic heterocycles. The molecular weight excluding hydrogens is 1320 g/mol. The zero-order chi connectivity index (χ0) is 72.0. The Bertz CT molecular complexity index is 5520. The first-order valence-corrected chi connectivity index (χ1v) is 36.4. The van der Waals surface area contributed by atoms with E-state index in [0.29, 0.717) is 17.5 Å². The normalized spacial score (nSPS) is 11.1. The maximum Gasteiger partial charge on any atom is 0.164 e. The lowest BCUT2D eigenvalue weighted by Crippen LogP contribution is -2.10. The number of para-hydroxylation sites is 11. The molecule has 0 saturated heterocycles. The van der Waals surface area contributed by atoms with E-state index in [1.165, 1.54) is 43.6 Å². The summed E-state index contributed by atoms with van der Waals surface area (Å²) in [6.07, 6.45) is 0. The maximum atomic E-state index is 5.15. The number of nitrogens with zero attached hydrogens (tertiary/aromatic N) is 9. The summed E-state index contributed by atoms with van der Waals surface area (Å²) in [5.74, 6) is 1.77. The molecule has 3 heterocycles. The van der Waals surface area contributed by atoms with E-state index in [9.17, 15) is 0 Å². The number of anilines is 12. The number of fused-ring (bicyclic) bond motifs is 6. The second-order valence-electron chi connectivity index (χ2n) is 26.4. The van der Waals surface area contributed by atoms with Crippen molar-refractivity contribution in [2.75, 3.05) is 19.6 Å². The van der Waals surface area contributed by atoms with Crippen LogP contribution >= 0.6 is 0 Å². The standard InChI is InChI=1S/C57H42N6.C42H29N3/c1-7-19-46(20-8-1)61(47-21-9-2-10-22-47)52-37-31-43(32-38-52)55-58-56(44-33-39-53(40-34-44)62(48-23-11-3-12-24-48)49-25-13-4-14-26-49)60-57(59-55)45-35-41-54(42-36-45)63(50-27-15-5-16-28-50)51-29-17-6-18-30-51;1-2-12-30(13-3-1)43(31-22-26-33(27-23-31)44-39-18-8-4-14-35(39)36-15-5-9-19-40(36)44)32-24-28-34(29-25-32)45-41-20-10-6-16-37(41)38-17-7-11-21-42(38)45/h1-42H;1-29H. The molecule has 0 atom stereocenters. The molecular formula is C99H71N9. The number of hydrogen-bond donors (Lipinski definition) is 0. The van der Waals surface area contributed by atoms with Crippen LogP contribution in [0.2, 0.25) is 0 Å². The molecule has 9 heteroatoms. The molecule has 0 aliphatic rings. The largest absolute Gasteiger partial charge is 0.311 e. The van der Waals surface area contributed by atoms with E-state index in [-0.39, 0.29) is 0 Å². The first-order valence-electron chi connectivity index (χ1n) is 36.4. The molecule has 0 aliphatic carbocycles. The van der Waals surface area contributed by atoms with E-state index in [2.05, 4.69) is 423 Å². The molecule has 0 saturated carbocycles. The van der Waals surface area contributed by atoms with Crippen molar-refractivity contribution in [3.63, 3.8) is 0 Å². The van der Waals surface area contributed by atoms with E-state index in [1.54, 1.807) is 0 Å². The third-order valence-corrected chi connectivity index (χ3v) is 19.8. The van der Waals surface area contributed by atoms with Gasteiger partial charge in [-0.25, -0.2) is 15.0 Å². The highest BCUT2D eigenvalue weighted by atomic mass is 15.2. The monoisotopic (exact) mass is 1390 g/mol. The van der Waals surface area contributed by atoms with Crippen molar-refractivity contribution >= 4 is 112 Å². The fourth-order valence-electron chi connectivity index (χ4n) is 14.8. The summed E-state index contributed by atoms with van der Waals surface area (Å²) < 4.78 is 4.73. The van der Waals surface area contributed by atoms with E-state index in [1.807, 2.05) is 36.4 Å². The highest BCUT2D eigenvalue weighted by Crippen LogP contribution is 2.43. The minimum atomic E-state index is 0.589. The molecule has 0 spiro atoms. The molecule has 16 aromatic carbocycles.